The highest BCUT2D eigenvalue weighted by Crippen LogP contribution is 2.12. The van der Waals surface area contributed by atoms with Gasteiger partial charge in [0.2, 0.25) is 0 Å². The van der Waals surface area contributed by atoms with Crippen LogP contribution in [0.2, 0.25) is 0 Å². The molecule has 1 aromatic rings. The highest BCUT2D eigenvalue weighted by atomic mass is 19.1. The number of aliphatic imine (C=N–C) groups is 1. The van der Waals surface area contributed by atoms with Gasteiger partial charge in [-0.2, -0.15) is 0 Å². The van der Waals surface area contributed by atoms with Crippen LogP contribution >= 0.6 is 0 Å². The van der Waals surface area contributed by atoms with Gasteiger partial charge >= 0.3 is 0 Å². The zero-order chi connectivity index (χ0) is 15.5. The summed E-state index contributed by atoms with van der Waals surface area (Å²) in [5.74, 6) is 0.107. The second-order valence-corrected chi connectivity index (χ2v) is 4.54. The molecular formula is C15H24FN3O2. The molecule has 0 radical (unpaired) electrons. The molecule has 3 N–H and O–H groups in total. The second kappa shape index (κ2) is 10.1. The van der Waals surface area contributed by atoms with E-state index in [4.69, 9.17) is 15.2 Å². The zero-order valence-electron chi connectivity index (χ0n) is 12.7. The normalized spacial score (nSPS) is 11.7. The molecule has 0 unspecified atom stereocenters. The molecule has 0 fully saturated rings. The molecule has 0 aliphatic rings. The molecular weight excluding hydrogens is 273 g/mol. The van der Waals surface area contributed by atoms with E-state index in [0.717, 1.165) is 18.6 Å². The number of ether oxygens (including phenoxy) is 2. The molecule has 1 aromatic carbocycles. The van der Waals surface area contributed by atoms with E-state index in [1.54, 1.807) is 12.1 Å². The minimum absolute atomic E-state index is 0.245. The van der Waals surface area contributed by atoms with Gasteiger partial charge in [0.25, 0.3) is 0 Å². The molecule has 6 heteroatoms. The molecule has 0 aliphatic heterocycles. The first-order valence-corrected chi connectivity index (χ1v) is 7.05. The number of nitrogens with zero attached hydrogens (tertiary/aromatic N) is 1. The van der Waals surface area contributed by atoms with Crippen molar-refractivity contribution in [1.29, 1.82) is 0 Å². The summed E-state index contributed by atoms with van der Waals surface area (Å²) in [7, 11) is 1.54. The van der Waals surface area contributed by atoms with Gasteiger partial charge in [0, 0.05) is 32.4 Å². The maximum atomic E-state index is 13.5. The number of guanidine groups is 1. The Morgan fingerprint density at radius 3 is 2.95 bits per heavy atom. The number of methoxy groups -OCH3 is 1. The van der Waals surface area contributed by atoms with Gasteiger partial charge in [-0.1, -0.05) is 6.07 Å². The van der Waals surface area contributed by atoms with Crippen LogP contribution in [0, 0.1) is 5.82 Å². The zero-order valence-corrected chi connectivity index (χ0v) is 12.7. The molecule has 0 bridgehead atoms. The Morgan fingerprint density at radius 1 is 1.43 bits per heavy atom. The molecule has 0 heterocycles. The fourth-order valence-electron chi connectivity index (χ4n) is 1.76. The quantitative estimate of drug-likeness (QED) is 0.414. The first-order valence-electron chi connectivity index (χ1n) is 7.05. The summed E-state index contributed by atoms with van der Waals surface area (Å²) in [6.45, 7) is 4.75. The molecule has 21 heavy (non-hydrogen) atoms. The maximum Gasteiger partial charge on any atom is 0.188 e. The van der Waals surface area contributed by atoms with E-state index in [0.29, 0.717) is 31.2 Å². The Labute approximate surface area is 125 Å². The van der Waals surface area contributed by atoms with E-state index >= 15 is 0 Å². The maximum absolute atomic E-state index is 13.5. The molecule has 0 saturated carbocycles. The van der Waals surface area contributed by atoms with Crippen LogP contribution in [0.1, 0.15) is 24.5 Å². The number of hydrogen-bond donors (Lipinski definition) is 2. The molecule has 1 rings (SSSR count). The van der Waals surface area contributed by atoms with Gasteiger partial charge in [0.05, 0.1) is 13.2 Å². The van der Waals surface area contributed by atoms with Gasteiger partial charge in [0.1, 0.15) is 5.82 Å². The predicted octanol–water partition coefficient (Wildman–Crippen LogP) is 1.80. The molecule has 118 valence electrons. The summed E-state index contributed by atoms with van der Waals surface area (Å²) >= 11 is 0. The van der Waals surface area contributed by atoms with Gasteiger partial charge < -0.3 is 20.5 Å². The molecule has 0 aliphatic carbocycles. The molecule has 0 aromatic heterocycles. The third kappa shape index (κ3) is 7.06. The van der Waals surface area contributed by atoms with Crippen molar-refractivity contribution in [2.75, 3.05) is 26.9 Å². The smallest absolute Gasteiger partial charge is 0.188 e. The Hall–Kier alpha value is -1.66. The van der Waals surface area contributed by atoms with Crippen molar-refractivity contribution in [3.05, 3.63) is 35.1 Å². The van der Waals surface area contributed by atoms with Gasteiger partial charge in [-0.25, -0.2) is 9.38 Å². The van der Waals surface area contributed by atoms with Crippen LogP contribution in [0.25, 0.3) is 0 Å². The van der Waals surface area contributed by atoms with E-state index in [2.05, 4.69) is 10.3 Å². The molecule has 5 nitrogen and oxygen atoms in total. The second-order valence-electron chi connectivity index (χ2n) is 4.54. The van der Waals surface area contributed by atoms with Crippen LogP contribution in [0.3, 0.4) is 0 Å². The van der Waals surface area contributed by atoms with Crippen LogP contribution in [0.5, 0.6) is 0 Å². The Morgan fingerprint density at radius 2 is 2.24 bits per heavy atom. The number of rotatable bonds is 9. The van der Waals surface area contributed by atoms with Crippen molar-refractivity contribution in [1.82, 2.24) is 5.32 Å². The lowest BCUT2D eigenvalue weighted by molar-refractivity contribution is 0.145. The van der Waals surface area contributed by atoms with Gasteiger partial charge in [-0.3, -0.25) is 0 Å². The Kier molecular flexibility index (Phi) is 8.38. The topological polar surface area (TPSA) is 68.9 Å². The SMILES string of the molecule is CCOCCCNC(N)=NCc1ccc(F)c(COC)c1. The van der Waals surface area contributed by atoms with Gasteiger partial charge in [0.15, 0.2) is 5.96 Å². The Balaban J connectivity index is 2.42. The summed E-state index contributed by atoms with van der Waals surface area (Å²) in [5.41, 5.74) is 7.18. The summed E-state index contributed by atoms with van der Waals surface area (Å²) in [5, 5.41) is 3.01. The van der Waals surface area contributed by atoms with Crippen LogP contribution in [-0.4, -0.2) is 32.8 Å². The summed E-state index contributed by atoms with van der Waals surface area (Å²) in [6, 6.07) is 4.86. The lowest BCUT2D eigenvalue weighted by Gasteiger charge is -2.07. The van der Waals surface area contributed by atoms with Gasteiger partial charge in [-0.15, -0.1) is 0 Å². The fraction of sp³-hybridized carbons (Fsp3) is 0.533. The number of nitrogens with one attached hydrogen (secondary N) is 1. The number of halogens is 1. The third-order valence-corrected chi connectivity index (χ3v) is 2.82. The first kappa shape index (κ1) is 17.4. The highest BCUT2D eigenvalue weighted by Gasteiger charge is 2.03. The minimum atomic E-state index is -0.272. The largest absolute Gasteiger partial charge is 0.382 e. The van der Waals surface area contributed by atoms with Crippen LogP contribution in [0.15, 0.2) is 23.2 Å². The number of hydrogen-bond acceptors (Lipinski definition) is 3. The molecule has 0 saturated heterocycles. The van der Waals surface area contributed by atoms with Crippen molar-refractivity contribution >= 4 is 5.96 Å². The average Bonchev–Trinajstić information content (AvgIpc) is 2.48. The average molecular weight is 297 g/mol. The van der Waals surface area contributed by atoms with E-state index in [9.17, 15) is 4.39 Å². The van der Waals surface area contributed by atoms with E-state index in [-0.39, 0.29) is 12.4 Å². The molecule has 0 atom stereocenters. The summed E-state index contributed by atoms with van der Waals surface area (Å²) < 4.78 is 23.6. The fourth-order valence-corrected chi connectivity index (χ4v) is 1.76. The lowest BCUT2D eigenvalue weighted by atomic mass is 10.1. The molecule has 0 spiro atoms. The number of benzene rings is 1. The van der Waals surface area contributed by atoms with E-state index in [1.165, 1.54) is 13.2 Å². The van der Waals surface area contributed by atoms with Crippen molar-refractivity contribution in [2.24, 2.45) is 10.7 Å². The van der Waals surface area contributed by atoms with Crippen LogP contribution < -0.4 is 11.1 Å². The third-order valence-electron chi connectivity index (χ3n) is 2.82. The van der Waals surface area contributed by atoms with Gasteiger partial charge in [-0.05, 0) is 31.0 Å². The summed E-state index contributed by atoms with van der Waals surface area (Å²) in [6.07, 6.45) is 0.874. The van der Waals surface area contributed by atoms with Crippen molar-refractivity contribution in [3.63, 3.8) is 0 Å². The van der Waals surface area contributed by atoms with E-state index in [1.807, 2.05) is 6.92 Å². The first-order chi connectivity index (χ1) is 10.2. The monoisotopic (exact) mass is 297 g/mol. The lowest BCUT2D eigenvalue weighted by Crippen LogP contribution is -2.32. The highest BCUT2D eigenvalue weighted by molar-refractivity contribution is 5.77. The minimum Gasteiger partial charge on any atom is -0.382 e. The Bertz CT molecular complexity index is 453. The standard InChI is InChI=1S/C15H24FN3O2/c1-3-21-8-4-7-18-15(17)19-10-12-5-6-14(16)13(9-12)11-20-2/h5-6,9H,3-4,7-8,10-11H2,1-2H3,(H3,17,18,19). The molecule has 0 amide bonds. The van der Waals surface area contributed by atoms with Crippen molar-refractivity contribution in [2.45, 2.75) is 26.5 Å². The predicted molar refractivity (Wildman–Crippen MR) is 81.6 cm³/mol. The van der Waals surface area contributed by atoms with E-state index < -0.39 is 0 Å². The van der Waals surface area contributed by atoms with Crippen LogP contribution in [0.4, 0.5) is 4.39 Å². The van der Waals surface area contributed by atoms with Crippen molar-refractivity contribution in [3.8, 4) is 0 Å². The number of nitrogens with two attached hydrogens (primary N) is 1. The summed E-state index contributed by atoms with van der Waals surface area (Å²) in [4.78, 5) is 4.22. The van der Waals surface area contributed by atoms with Crippen LogP contribution in [-0.2, 0) is 22.6 Å². The van der Waals surface area contributed by atoms with Crippen molar-refractivity contribution < 1.29 is 13.9 Å².